The van der Waals surface area contributed by atoms with E-state index in [-0.39, 0.29) is 0 Å². The van der Waals surface area contributed by atoms with Crippen molar-refractivity contribution in [3.63, 3.8) is 0 Å². The van der Waals surface area contributed by atoms with Gasteiger partial charge >= 0.3 is 0 Å². The lowest BCUT2D eigenvalue weighted by molar-refractivity contribution is 0.391. The van der Waals surface area contributed by atoms with Gasteiger partial charge in [0.15, 0.2) is 17.3 Å². The Bertz CT molecular complexity index is 1480. The molecule has 1 aromatic carbocycles. The highest BCUT2D eigenvalue weighted by Gasteiger charge is 2.20. The number of aryl methyl sites for hydroxylation is 2. The minimum absolute atomic E-state index is 0.409. The molecular formula is C25H25N7O3. The quantitative estimate of drug-likeness (QED) is 0.359. The first-order chi connectivity index (χ1) is 17.1. The van der Waals surface area contributed by atoms with Gasteiger partial charge in [0.1, 0.15) is 23.5 Å². The number of nitrogens with zero attached hydrogens (tertiary/aromatic N) is 6. The summed E-state index contributed by atoms with van der Waals surface area (Å²) in [5, 5.41) is 8.16. The molecule has 5 rings (SSSR count). The number of hydrogen-bond donors (Lipinski definition) is 1. The first-order valence-corrected chi connectivity index (χ1v) is 11.1. The van der Waals surface area contributed by atoms with E-state index in [1.807, 2.05) is 44.2 Å². The van der Waals surface area contributed by atoms with Gasteiger partial charge in [-0.05, 0) is 37.6 Å². The molecule has 0 aliphatic carbocycles. The molecule has 5 aromatic rings. The average molecular weight is 472 g/mol. The molecule has 0 aliphatic heterocycles. The predicted molar refractivity (Wildman–Crippen MR) is 130 cm³/mol. The van der Waals surface area contributed by atoms with Gasteiger partial charge in [-0.2, -0.15) is 5.10 Å². The van der Waals surface area contributed by atoms with Crippen LogP contribution in [0.1, 0.15) is 28.3 Å². The van der Waals surface area contributed by atoms with Crippen molar-refractivity contribution in [2.24, 2.45) is 0 Å². The van der Waals surface area contributed by atoms with Crippen LogP contribution in [-0.2, 0) is 13.0 Å². The molecule has 0 saturated carbocycles. The number of oxazole rings is 1. The number of benzene rings is 1. The lowest BCUT2D eigenvalue weighted by Crippen LogP contribution is -2.09. The Labute approximate surface area is 202 Å². The third-order valence-electron chi connectivity index (χ3n) is 5.77. The summed E-state index contributed by atoms with van der Waals surface area (Å²) in [6, 6.07) is 9.63. The van der Waals surface area contributed by atoms with Gasteiger partial charge in [-0.3, -0.25) is 4.98 Å². The van der Waals surface area contributed by atoms with Crippen LogP contribution >= 0.6 is 0 Å². The SMILES string of the molecule is COc1ccc(CNc2nc(-c3ncco3)c(C)n3nc(Cc4ncccc4C)nc23)c(OC)c1. The normalized spacial score (nSPS) is 11.1. The first kappa shape index (κ1) is 22.3. The molecule has 0 radical (unpaired) electrons. The number of anilines is 1. The van der Waals surface area contributed by atoms with Crippen molar-refractivity contribution in [1.82, 2.24) is 29.5 Å². The van der Waals surface area contributed by atoms with Crippen LogP contribution in [0.4, 0.5) is 5.82 Å². The summed E-state index contributed by atoms with van der Waals surface area (Å²) in [6.45, 7) is 4.40. The number of pyridine rings is 1. The topological polar surface area (TPSA) is 112 Å². The number of nitrogens with one attached hydrogen (secondary N) is 1. The molecule has 0 unspecified atom stereocenters. The molecule has 35 heavy (non-hydrogen) atoms. The van der Waals surface area contributed by atoms with E-state index in [0.29, 0.717) is 47.6 Å². The van der Waals surface area contributed by atoms with E-state index >= 15 is 0 Å². The Morgan fingerprint density at radius 2 is 1.91 bits per heavy atom. The number of hydrogen-bond acceptors (Lipinski definition) is 9. The number of methoxy groups -OCH3 is 2. The highest BCUT2D eigenvalue weighted by molar-refractivity contribution is 5.68. The molecule has 0 fully saturated rings. The van der Waals surface area contributed by atoms with E-state index in [9.17, 15) is 0 Å². The molecule has 0 bridgehead atoms. The zero-order chi connectivity index (χ0) is 24.4. The van der Waals surface area contributed by atoms with Crippen LogP contribution in [0.3, 0.4) is 0 Å². The molecule has 178 valence electrons. The van der Waals surface area contributed by atoms with Crippen molar-refractivity contribution in [1.29, 1.82) is 0 Å². The van der Waals surface area contributed by atoms with Crippen LogP contribution in [0.2, 0.25) is 0 Å². The standard InChI is InChI=1S/C25H25N7O3/c1-15-6-5-9-26-19(15)13-21-29-24-23(28-14-17-7-8-18(33-3)12-20(17)34-4)30-22(16(2)32(24)31-21)25-27-10-11-35-25/h5-12H,13-14H2,1-4H3,(H,28,30). The van der Waals surface area contributed by atoms with Crippen molar-refractivity contribution in [3.05, 3.63) is 77.3 Å². The van der Waals surface area contributed by atoms with Crippen molar-refractivity contribution in [2.75, 3.05) is 19.5 Å². The Morgan fingerprint density at radius 1 is 1.03 bits per heavy atom. The highest BCUT2D eigenvalue weighted by atomic mass is 16.5. The molecule has 0 amide bonds. The molecule has 10 nitrogen and oxygen atoms in total. The van der Waals surface area contributed by atoms with Gasteiger partial charge in [-0.15, -0.1) is 0 Å². The van der Waals surface area contributed by atoms with Gasteiger partial charge in [-0.25, -0.2) is 19.5 Å². The zero-order valence-corrected chi connectivity index (χ0v) is 19.9. The predicted octanol–water partition coefficient (Wildman–Crippen LogP) is 4.01. The fraction of sp³-hybridized carbons (Fsp3) is 0.240. The summed E-state index contributed by atoms with van der Waals surface area (Å²) < 4.78 is 18.2. The van der Waals surface area contributed by atoms with Crippen LogP contribution in [-0.4, -0.2) is 43.8 Å². The van der Waals surface area contributed by atoms with Gasteiger partial charge in [-0.1, -0.05) is 6.07 Å². The van der Waals surface area contributed by atoms with Crippen molar-refractivity contribution < 1.29 is 13.9 Å². The maximum Gasteiger partial charge on any atom is 0.246 e. The summed E-state index contributed by atoms with van der Waals surface area (Å²) in [7, 11) is 3.25. The van der Waals surface area contributed by atoms with E-state index in [1.54, 1.807) is 31.1 Å². The summed E-state index contributed by atoms with van der Waals surface area (Å²) in [5.74, 6) is 3.04. The number of ether oxygens (including phenoxy) is 2. The van der Waals surface area contributed by atoms with Crippen molar-refractivity contribution in [3.8, 4) is 23.1 Å². The lowest BCUT2D eigenvalue weighted by atomic mass is 10.1. The average Bonchev–Trinajstić information content (AvgIpc) is 3.56. The molecule has 10 heteroatoms. The second-order valence-corrected chi connectivity index (χ2v) is 7.97. The van der Waals surface area contributed by atoms with Crippen LogP contribution < -0.4 is 14.8 Å². The zero-order valence-electron chi connectivity index (χ0n) is 19.9. The smallest absolute Gasteiger partial charge is 0.246 e. The molecule has 4 aromatic heterocycles. The van der Waals surface area contributed by atoms with Gasteiger partial charge in [0.2, 0.25) is 5.89 Å². The Kier molecular flexibility index (Phi) is 6.01. The lowest BCUT2D eigenvalue weighted by Gasteiger charge is -2.13. The Balaban J connectivity index is 1.55. The summed E-state index contributed by atoms with van der Waals surface area (Å²) in [5.41, 5.74) is 4.92. The van der Waals surface area contributed by atoms with Gasteiger partial charge in [0.05, 0.1) is 38.2 Å². The molecule has 0 spiro atoms. The monoisotopic (exact) mass is 471 g/mol. The Morgan fingerprint density at radius 3 is 2.66 bits per heavy atom. The van der Waals surface area contributed by atoms with Crippen LogP contribution in [0.5, 0.6) is 11.5 Å². The molecule has 0 atom stereocenters. The summed E-state index contributed by atoms with van der Waals surface area (Å²) in [6.07, 6.45) is 5.40. The molecule has 0 aliphatic rings. The van der Waals surface area contributed by atoms with Crippen molar-refractivity contribution >= 4 is 11.5 Å². The maximum atomic E-state index is 5.54. The molecule has 0 saturated heterocycles. The highest BCUT2D eigenvalue weighted by Crippen LogP contribution is 2.28. The molecule has 1 N–H and O–H groups in total. The minimum atomic E-state index is 0.409. The number of fused-ring (bicyclic) bond motifs is 1. The van der Waals surface area contributed by atoms with E-state index in [4.69, 9.17) is 29.0 Å². The van der Waals surface area contributed by atoms with E-state index in [0.717, 1.165) is 28.3 Å². The maximum absolute atomic E-state index is 5.54. The summed E-state index contributed by atoms with van der Waals surface area (Å²) in [4.78, 5) is 18.4. The second-order valence-electron chi connectivity index (χ2n) is 7.97. The fourth-order valence-electron chi connectivity index (χ4n) is 3.85. The third kappa shape index (κ3) is 4.37. The van der Waals surface area contributed by atoms with E-state index in [1.165, 1.54) is 6.26 Å². The second kappa shape index (κ2) is 9.41. The third-order valence-corrected chi connectivity index (χ3v) is 5.77. The first-order valence-electron chi connectivity index (χ1n) is 11.1. The van der Waals surface area contributed by atoms with Crippen LogP contribution in [0.15, 0.2) is 53.4 Å². The minimum Gasteiger partial charge on any atom is -0.497 e. The van der Waals surface area contributed by atoms with E-state index < -0.39 is 0 Å². The van der Waals surface area contributed by atoms with E-state index in [2.05, 4.69) is 15.3 Å². The fourth-order valence-corrected chi connectivity index (χ4v) is 3.85. The van der Waals surface area contributed by atoms with Crippen LogP contribution in [0, 0.1) is 13.8 Å². The number of aromatic nitrogens is 6. The Hall–Kier alpha value is -4.47. The largest absolute Gasteiger partial charge is 0.497 e. The summed E-state index contributed by atoms with van der Waals surface area (Å²) >= 11 is 0. The van der Waals surface area contributed by atoms with Gasteiger partial charge < -0.3 is 19.2 Å². The van der Waals surface area contributed by atoms with Crippen LogP contribution in [0.25, 0.3) is 17.2 Å². The van der Waals surface area contributed by atoms with Gasteiger partial charge in [0, 0.05) is 24.4 Å². The van der Waals surface area contributed by atoms with Crippen molar-refractivity contribution in [2.45, 2.75) is 26.8 Å². The molecular weight excluding hydrogens is 446 g/mol. The molecule has 4 heterocycles. The van der Waals surface area contributed by atoms with Gasteiger partial charge in [0.25, 0.3) is 0 Å². The number of rotatable bonds is 8.